The Balaban J connectivity index is 3.66. The van der Waals surface area contributed by atoms with Gasteiger partial charge >= 0.3 is 12.0 Å². The number of carboxylic acids is 1. The van der Waals surface area contributed by atoms with Crippen LogP contribution in [0.5, 0.6) is 0 Å². The highest BCUT2D eigenvalue weighted by Gasteiger charge is 2.31. The van der Waals surface area contributed by atoms with Gasteiger partial charge in [0.25, 0.3) is 0 Å². The molecule has 124 valence electrons. The van der Waals surface area contributed by atoms with Gasteiger partial charge in [0.1, 0.15) is 0 Å². The second kappa shape index (κ2) is 10.5. The molecule has 0 aromatic heterocycles. The summed E-state index contributed by atoms with van der Waals surface area (Å²) in [4.78, 5) is 22.7. The van der Waals surface area contributed by atoms with Crippen LogP contribution in [-0.4, -0.2) is 30.2 Å². The third-order valence-corrected chi connectivity index (χ3v) is 3.93. The number of rotatable bonds is 11. The molecule has 0 heterocycles. The average Bonchev–Trinajstić information content (AvgIpc) is 2.43. The standard InChI is InChI=1S/C16H32N2O3/c1-5-16(4,14(19)20)12-18-15(21)17-11-9-7-6-8-10-13(2)3/h13H,5-12H2,1-4H3,(H,19,20)(H2,17,18,21). The van der Waals surface area contributed by atoms with Gasteiger partial charge in [0.05, 0.1) is 5.41 Å². The minimum atomic E-state index is -0.895. The lowest BCUT2D eigenvalue weighted by Crippen LogP contribution is -2.44. The number of carboxylic acid groups (broad SMARTS) is 1. The lowest BCUT2D eigenvalue weighted by molar-refractivity contribution is -0.147. The summed E-state index contributed by atoms with van der Waals surface area (Å²) in [6, 6.07) is -0.280. The van der Waals surface area contributed by atoms with Crippen LogP contribution >= 0.6 is 0 Å². The maximum atomic E-state index is 11.6. The molecule has 0 saturated carbocycles. The monoisotopic (exact) mass is 300 g/mol. The number of hydrogen-bond donors (Lipinski definition) is 3. The van der Waals surface area contributed by atoms with Crippen LogP contribution in [0.4, 0.5) is 4.79 Å². The zero-order chi connectivity index (χ0) is 16.3. The predicted octanol–water partition coefficient (Wildman–Crippen LogP) is 3.39. The summed E-state index contributed by atoms with van der Waals surface area (Å²) in [7, 11) is 0. The highest BCUT2D eigenvalue weighted by molar-refractivity contribution is 5.77. The molecule has 0 fully saturated rings. The highest BCUT2D eigenvalue weighted by atomic mass is 16.4. The number of carbonyl (C=O) groups excluding carboxylic acids is 1. The highest BCUT2D eigenvalue weighted by Crippen LogP contribution is 2.19. The van der Waals surface area contributed by atoms with E-state index in [-0.39, 0.29) is 12.6 Å². The Morgan fingerprint density at radius 2 is 1.71 bits per heavy atom. The smallest absolute Gasteiger partial charge is 0.314 e. The van der Waals surface area contributed by atoms with Crippen molar-refractivity contribution in [2.75, 3.05) is 13.1 Å². The summed E-state index contributed by atoms with van der Waals surface area (Å²) in [6.07, 6.45) is 6.28. The second-order valence-corrected chi connectivity index (χ2v) is 6.43. The van der Waals surface area contributed by atoms with Gasteiger partial charge in [-0.25, -0.2) is 4.79 Å². The first-order chi connectivity index (χ1) is 9.81. The lowest BCUT2D eigenvalue weighted by atomic mass is 9.88. The van der Waals surface area contributed by atoms with Crippen molar-refractivity contribution < 1.29 is 14.7 Å². The van der Waals surface area contributed by atoms with Crippen molar-refractivity contribution in [3.63, 3.8) is 0 Å². The first-order valence-corrected chi connectivity index (χ1v) is 8.07. The number of carbonyl (C=O) groups is 2. The van der Waals surface area contributed by atoms with Gasteiger partial charge in [-0.2, -0.15) is 0 Å². The molecule has 5 heteroatoms. The van der Waals surface area contributed by atoms with Crippen LogP contribution in [0.3, 0.4) is 0 Å². The molecule has 0 aliphatic carbocycles. The lowest BCUT2D eigenvalue weighted by Gasteiger charge is -2.23. The minimum absolute atomic E-state index is 0.152. The van der Waals surface area contributed by atoms with Crippen LogP contribution in [-0.2, 0) is 4.79 Å². The molecule has 5 nitrogen and oxygen atoms in total. The van der Waals surface area contributed by atoms with Crippen molar-refractivity contribution in [3.05, 3.63) is 0 Å². The number of nitrogens with one attached hydrogen (secondary N) is 2. The SMILES string of the molecule is CCC(C)(CNC(=O)NCCCCCCC(C)C)C(=O)O. The summed E-state index contributed by atoms with van der Waals surface area (Å²) < 4.78 is 0. The number of hydrogen-bond acceptors (Lipinski definition) is 2. The molecule has 2 amide bonds. The Hall–Kier alpha value is -1.26. The van der Waals surface area contributed by atoms with Crippen LogP contribution in [0.2, 0.25) is 0 Å². The number of aliphatic carboxylic acids is 1. The summed E-state index contributed by atoms with van der Waals surface area (Å²) in [5.41, 5.74) is -0.895. The topological polar surface area (TPSA) is 78.4 Å². The summed E-state index contributed by atoms with van der Waals surface area (Å²) in [5.74, 6) is -0.119. The van der Waals surface area contributed by atoms with E-state index in [0.29, 0.717) is 13.0 Å². The second-order valence-electron chi connectivity index (χ2n) is 6.43. The fraction of sp³-hybridized carbons (Fsp3) is 0.875. The van der Waals surface area contributed by atoms with E-state index < -0.39 is 11.4 Å². The van der Waals surface area contributed by atoms with Crippen molar-refractivity contribution in [2.24, 2.45) is 11.3 Å². The number of unbranched alkanes of at least 4 members (excludes halogenated alkanes) is 3. The molecule has 21 heavy (non-hydrogen) atoms. The van der Waals surface area contributed by atoms with Gasteiger partial charge < -0.3 is 15.7 Å². The van der Waals surface area contributed by atoms with Gasteiger partial charge in [0, 0.05) is 13.1 Å². The van der Waals surface area contributed by atoms with E-state index >= 15 is 0 Å². The normalized spacial score (nSPS) is 13.8. The molecule has 3 N–H and O–H groups in total. The summed E-state index contributed by atoms with van der Waals surface area (Å²) in [5, 5.41) is 14.5. The van der Waals surface area contributed by atoms with E-state index in [4.69, 9.17) is 5.11 Å². The van der Waals surface area contributed by atoms with E-state index in [1.165, 1.54) is 19.3 Å². The minimum Gasteiger partial charge on any atom is -0.481 e. The summed E-state index contributed by atoms with van der Waals surface area (Å²) >= 11 is 0. The van der Waals surface area contributed by atoms with Crippen LogP contribution in [0.15, 0.2) is 0 Å². The predicted molar refractivity (Wildman–Crippen MR) is 85.4 cm³/mol. The Bertz CT molecular complexity index is 319. The molecule has 0 spiro atoms. The third-order valence-electron chi connectivity index (χ3n) is 3.93. The van der Waals surface area contributed by atoms with Gasteiger partial charge in [-0.1, -0.05) is 46.5 Å². The Morgan fingerprint density at radius 3 is 2.24 bits per heavy atom. The quantitative estimate of drug-likeness (QED) is 0.512. The van der Waals surface area contributed by atoms with E-state index in [9.17, 15) is 9.59 Å². The maximum absolute atomic E-state index is 11.6. The van der Waals surface area contributed by atoms with E-state index in [1.54, 1.807) is 6.92 Å². The molecule has 0 rings (SSSR count). The number of urea groups is 1. The van der Waals surface area contributed by atoms with Crippen molar-refractivity contribution in [2.45, 2.75) is 66.2 Å². The molecule has 0 bridgehead atoms. The third kappa shape index (κ3) is 9.32. The first kappa shape index (κ1) is 19.7. The van der Waals surface area contributed by atoms with Crippen LogP contribution in [0.25, 0.3) is 0 Å². The van der Waals surface area contributed by atoms with Crippen LogP contribution in [0, 0.1) is 11.3 Å². The van der Waals surface area contributed by atoms with Crippen molar-refractivity contribution >= 4 is 12.0 Å². The Kier molecular flexibility index (Phi) is 9.84. The van der Waals surface area contributed by atoms with Crippen molar-refractivity contribution in [1.82, 2.24) is 10.6 Å². The zero-order valence-electron chi connectivity index (χ0n) is 14.0. The van der Waals surface area contributed by atoms with Crippen molar-refractivity contribution in [1.29, 1.82) is 0 Å². The maximum Gasteiger partial charge on any atom is 0.314 e. The molecule has 1 unspecified atom stereocenters. The van der Waals surface area contributed by atoms with Gasteiger partial charge in [0.15, 0.2) is 0 Å². The van der Waals surface area contributed by atoms with Gasteiger partial charge in [-0.3, -0.25) is 4.79 Å². The molecular weight excluding hydrogens is 268 g/mol. The van der Waals surface area contributed by atoms with Crippen LogP contribution in [0.1, 0.15) is 66.2 Å². The number of amides is 2. The summed E-state index contributed by atoms with van der Waals surface area (Å²) in [6.45, 7) is 8.71. The molecule has 0 aliphatic rings. The first-order valence-electron chi connectivity index (χ1n) is 8.07. The van der Waals surface area contributed by atoms with E-state index in [2.05, 4.69) is 24.5 Å². The van der Waals surface area contributed by atoms with E-state index in [1.807, 2.05) is 6.92 Å². The fourth-order valence-corrected chi connectivity index (χ4v) is 1.92. The molecule has 0 aromatic carbocycles. The van der Waals surface area contributed by atoms with Gasteiger partial charge in [-0.15, -0.1) is 0 Å². The van der Waals surface area contributed by atoms with Crippen molar-refractivity contribution in [3.8, 4) is 0 Å². The largest absolute Gasteiger partial charge is 0.481 e. The average molecular weight is 300 g/mol. The molecule has 0 saturated heterocycles. The Morgan fingerprint density at radius 1 is 1.10 bits per heavy atom. The zero-order valence-corrected chi connectivity index (χ0v) is 14.0. The molecule has 0 aromatic rings. The Labute approximate surface area is 128 Å². The van der Waals surface area contributed by atoms with Gasteiger partial charge in [-0.05, 0) is 25.7 Å². The molecular formula is C16H32N2O3. The molecule has 0 aliphatic heterocycles. The van der Waals surface area contributed by atoms with Crippen LogP contribution < -0.4 is 10.6 Å². The molecule has 1 atom stereocenters. The fourth-order valence-electron chi connectivity index (χ4n) is 1.92. The molecule has 0 radical (unpaired) electrons. The van der Waals surface area contributed by atoms with Gasteiger partial charge in [0.2, 0.25) is 0 Å². The van der Waals surface area contributed by atoms with E-state index in [0.717, 1.165) is 18.8 Å².